The number of nitrogens with zero attached hydrogens (tertiary/aromatic N) is 2. The number of aromatic nitrogens is 2. The maximum Gasteiger partial charge on any atom is 0.316 e. The van der Waals surface area contributed by atoms with Crippen molar-refractivity contribution in [2.24, 2.45) is 0 Å². The Morgan fingerprint density at radius 3 is 2.44 bits per heavy atom. The molecule has 0 saturated carbocycles. The Hall–Kier alpha value is -3.26. The number of benzene rings is 2. The van der Waals surface area contributed by atoms with Gasteiger partial charge >= 0.3 is 11.8 Å². The number of nitrogens with one attached hydrogen (secondary N) is 2. The van der Waals surface area contributed by atoms with Gasteiger partial charge in [0.15, 0.2) is 0 Å². The molecule has 2 N–H and O–H groups in total. The Morgan fingerprint density at radius 1 is 1.04 bits per heavy atom. The quantitative estimate of drug-likeness (QED) is 0.633. The highest BCUT2D eigenvalue weighted by atomic mass is 35.5. The van der Waals surface area contributed by atoms with Crippen LogP contribution in [0.25, 0.3) is 11.4 Å². The number of carbonyl (C=O) groups excluding carboxylic acids is 2. The molecule has 0 unspecified atom stereocenters. The Balaban J connectivity index is 1.48. The normalized spacial score (nSPS) is 10.4. The third-order valence-corrected chi connectivity index (χ3v) is 3.76. The lowest BCUT2D eigenvalue weighted by molar-refractivity contribution is 0.0898. The Kier molecular flexibility index (Phi) is 5.77. The van der Waals surface area contributed by atoms with Crippen molar-refractivity contribution in [2.45, 2.75) is 0 Å². The van der Waals surface area contributed by atoms with Crippen molar-refractivity contribution >= 4 is 23.4 Å². The fourth-order valence-electron chi connectivity index (χ4n) is 2.19. The van der Waals surface area contributed by atoms with Crippen LogP contribution in [0.3, 0.4) is 0 Å². The summed E-state index contributed by atoms with van der Waals surface area (Å²) in [5.41, 5.74) is 0.857. The van der Waals surface area contributed by atoms with E-state index in [0.717, 1.165) is 6.07 Å². The molecule has 0 saturated heterocycles. The molecule has 2 aromatic carbocycles. The van der Waals surface area contributed by atoms with E-state index in [0.29, 0.717) is 10.6 Å². The third-order valence-electron chi connectivity index (χ3n) is 3.51. The highest BCUT2D eigenvalue weighted by Crippen LogP contribution is 2.18. The first-order valence-electron chi connectivity index (χ1n) is 7.94. The Morgan fingerprint density at radius 2 is 1.74 bits per heavy atom. The van der Waals surface area contributed by atoms with Crippen LogP contribution >= 0.6 is 11.6 Å². The highest BCUT2D eigenvalue weighted by molar-refractivity contribution is 6.30. The maximum atomic E-state index is 13.1. The molecule has 2 amide bonds. The van der Waals surface area contributed by atoms with E-state index in [1.54, 1.807) is 24.3 Å². The summed E-state index contributed by atoms with van der Waals surface area (Å²) in [5.74, 6) is -1.44. The molecular weight excluding hydrogens is 375 g/mol. The molecule has 9 heteroatoms. The molecule has 0 bridgehead atoms. The predicted molar refractivity (Wildman–Crippen MR) is 95.8 cm³/mol. The molecule has 0 fully saturated rings. The number of hydrogen-bond donors (Lipinski definition) is 2. The van der Waals surface area contributed by atoms with E-state index in [4.69, 9.17) is 16.1 Å². The van der Waals surface area contributed by atoms with Gasteiger partial charge in [0.25, 0.3) is 5.91 Å². The van der Waals surface area contributed by atoms with Gasteiger partial charge in [-0.15, -0.1) is 0 Å². The number of amides is 2. The van der Waals surface area contributed by atoms with E-state index in [-0.39, 0.29) is 30.4 Å². The summed E-state index contributed by atoms with van der Waals surface area (Å²) in [4.78, 5) is 27.9. The largest absolute Gasteiger partial charge is 0.350 e. The lowest BCUT2D eigenvalue weighted by Gasteiger charge is -2.05. The molecule has 138 valence electrons. The minimum Gasteiger partial charge on any atom is -0.350 e. The summed E-state index contributed by atoms with van der Waals surface area (Å²) in [5, 5.41) is 9.43. The van der Waals surface area contributed by atoms with Crippen LogP contribution in [0.4, 0.5) is 4.39 Å². The third kappa shape index (κ3) is 4.89. The van der Waals surface area contributed by atoms with Crippen molar-refractivity contribution < 1.29 is 18.5 Å². The van der Waals surface area contributed by atoms with Gasteiger partial charge in [0.2, 0.25) is 5.82 Å². The molecular formula is C18H14ClFN4O3. The zero-order valence-electron chi connectivity index (χ0n) is 13.9. The molecule has 0 atom stereocenters. The minimum absolute atomic E-state index is 0.137. The van der Waals surface area contributed by atoms with Crippen LogP contribution in [0.2, 0.25) is 5.02 Å². The second-order valence-electron chi connectivity index (χ2n) is 5.45. The van der Waals surface area contributed by atoms with Crippen LogP contribution in [0, 0.1) is 5.82 Å². The SMILES string of the molecule is O=C(NCCNC(=O)c1nc(-c2ccc(Cl)cc2)no1)c1cccc(F)c1. The Labute approximate surface area is 158 Å². The summed E-state index contributed by atoms with van der Waals surface area (Å²) >= 11 is 5.82. The van der Waals surface area contributed by atoms with E-state index in [2.05, 4.69) is 20.8 Å². The van der Waals surface area contributed by atoms with Crippen LogP contribution in [0.15, 0.2) is 53.1 Å². The number of carbonyl (C=O) groups is 2. The van der Waals surface area contributed by atoms with Crippen LogP contribution in [-0.2, 0) is 0 Å². The monoisotopic (exact) mass is 388 g/mol. The average molecular weight is 389 g/mol. The Bertz CT molecular complexity index is 959. The molecule has 0 aliphatic rings. The second kappa shape index (κ2) is 8.41. The van der Waals surface area contributed by atoms with Crippen LogP contribution in [0.1, 0.15) is 21.0 Å². The molecule has 27 heavy (non-hydrogen) atoms. The number of halogens is 2. The molecule has 3 rings (SSSR count). The molecule has 1 aromatic heterocycles. The van der Waals surface area contributed by atoms with Crippen LogP contribution < -0.4 is 10.6 Å². The smallest absolute Gasteiger partial charge is 0.316 e. The van der Waals surface area contributed by atoms with Crippen molar-refractivity contribution in [1.82, 2.24) is 20.8 Å². The first-order chi connectivity index (χ1) is 13.0. The van der Waals surface area contributed by atoms with Gasteiger partial charge in [-0.25, -0.2) is 4.39 Å². The maximum absolute atomic E-state index is 13.1. The lowest BCUT2D eigenvalue weighted by Crippen LogP contribution is -2.34. The molecule has 7 nitrogen and oxygen atoms in total. The van der Waals surface area contributed by atoms with Crippen molar-refractivity contribution in [1.29, 1.82) is 0 Å². The first kappa shape index (κ1) is 18.5. The molecule has 0 spiro atoms. The van der Waals surface area contributed by atoms with Crippen molar-refractivity contribution in [2.75, 3.05) is 13.1 Å². The van der Waals surface area contributed by atoms with Gasteiger partial charge in [0, 0.05) is 29.2 Å². The van der Waals surface area contributed by atoms with Gasteiger partial charge in [0.05, 0.1) is 0 Å². The molecule has 3 aromatic rings. The van der Waals surface area contributed by atoms with Crippen molar-refractivity contribution in [3.8, 4) is 11.4 Å². The van der Waals surface area contributed by atoms with Gasteiger partial charge in [0.1, 0.15) is 5.82 Å². The minimum atomic E-state index is -0.567. The van der Waals surface area contributed by atoms with Crippen LogP contribution in [0.5, 0.6) is 0 Å². The molecule has 0 radical (unpaired) electrons. The van der Waals surface area contributed by atoms with Gasteiger partial charge in [-0.2, -0.15) is 4.98 Å². The van der Waals surface area contributed by atoms with Crippen molar-refractivity contribution in [3.05, 3.63) is 70.8 Å². The predicted octanol–water partition coefficient (Wildman–Crippen LogP) is 2.69. The van der Waals surface area contributed by atoms with Crippen molar-refractivity contribution in [3.63, 3.8) is 0 Å². The summed E-state index contributed by atoms with van der Waals surface area (Å²) in [6, 6.07) is 12.1. The zero-order chi connectivity index (χ0) is 19.2. The zero-order valence-corrected chi connectivity index (χ0v) is 14.7. The van der Waals surface area contributed by atoms with E-state index >= 15 is 0 Å². The second-order valence-corrected chi connectivity index (χ2v) is 5.89. The molecule has 0 aliphatic heterocycles. The van der Waals surface area contributed by atoms with E-state index in [1.165, 1.54) is 18.2 Å². The summed E-state index contributed by atoms with van der Waals surface area (Å²) in [6.45, 7) is 0.289. The fraction of sp³-hybridized carbons (Fsp3) is 0.111. The van der Waals surface area contributed by atoms with E-state index in [9.17, 15) is 14.0 Å². The van der Waals surface area contributed by atoms with Gasteiger partial charge < -0.3 is 15.2 Å². The van der Waals surface area contributed by atoms with Gasteiger partial charge in [-0.05, 0) is 42.5 Å². The van der Waals surface area contributed by atoms with E-state index < -0.39 is 17.6 Å². The standard InChI is InChI=1S/C18H14ClFN4O3/c19-13-6-4-11(5-7-13)15-23-18(27-24-15)17(26)22-9-8-21-16(25)12-2-1-3-14(20)10-12/h1-7,10H,8-9H2,(H,21,25)(H,22,26). The average Bonchev–Trinajstić information content (AvgIpc) is 3.16. The number of hydrogen-bond acceptors (Lipinski definition) is 5. The van der Waals surface area contributed by atoms with Crippen LogP contribution in [-0.4, -0.2) is 35.0 Å². The fourth-order valence-corrected chi connectivity index (χ4v) is 2.32. The first-order valence-corrected chi connectivity index (χ1v) is 8.32. The molecule has 1 heterocycles. The lowest BCUT2D eigenvalue weighted by atomic mass is 10.2. The number of rotatable bonds is 6. The summed E-state index contributed by atoms with van der Waals surface area (Å²) in [6.07, 6.45) is 0. The topological polar surface area (TPSA) is 97.1 Å². The van der Waals surface area contributed by atoms with E-state index in [1.807, 2.05) is 0 Å². The summed E-state index contributed by atoms with van der Waals surface area (Å²) < 4.78 is 18.0. The van der Waals surface area contributed by atoms with Gasteiger partial charge in [-0.1, -0.05) is 22.8 Å². The summed E-state index contributed by atoms with van der Waals surface area (Å²) in [7, 11) is 0. The van der Waals surface area contributed by atoms with Gasteiger partial charge in [-0.3, -0.25) is 9.59 Å². The molecule has 0 aliphatic carbocycles. The highest BCUT2D eigenvalue weighted by Gasteiger charge is 2.15.